The Kier molecular flexibility index (Phi) is 4.85. The molecule has 0 aliphatic rings. The number of aryl methyl sites for hydroxylation is 1. The quantitative estimate of drug-likeness (QED) is 0.387. The molecule has 0 aliphatic carbocycles. The standard InChI is InChI=1S/C25H23N7/c1-15-28-24-20(11-23(27)31-25(24)29-15)22-10-19-9-18(7-8-21(19)30-22)14-32(2)13-17-5-3-16(12-26)4-6-17/h3-11,30H,13-14H2,1-2H3,(H3,27,28,29,31). The van der Waals surface area contributed by atoms with E-state index < -0.39 is 0 Å². The summed E-state index contributed by atoms with van der Waals surface area (Å²) in [6.45, 7) is 3.55. The highest BCUT2D eigenvalue weighted by Crippen LogP contribution is 2.30. The number of nitriles is 1. The van der Waals surface area contributed by atoms with E-state index in [0.29, 0.717) is 17.0 Å². The SMILES string of the molecule is Cc1nc2nc(N)cc(-c3cc4cc(CN(C)Cc5ccc(C#N)cc5)ccc4[nH]3)c2[nH]1. The van der Waals surface area contributed by atoms with Crippen molar-refractivity contribution in [3.05, 3.63) is 77.1 Å². The van der Waals surface area contributed by atoms with Gasteiger partial charge in [0.1, 0.15) is 11.6 Å². The number of benzene rings is 2. The number of nitrogens with two attached hydrogens (primary N) is 1. The van der Waals surface area contributed by atoms with Crippen LogP contribution in [0.25, 0.3) is 33.3 Å². The zero-order valence-electron chi connectivity index (χ0n) is 18.0. The average molecular weight is 422 g/mol. The maximum atomic E-state index is 8.96. The molecule has 5 aromatic rings. The highest BCUT2D eigenvalue weighted by atomic mass is 15.1. The normalized spacial score (nSPS) is 11.4. The van der Waals surface area contributed by atoms with Crippen molar-refractivity contribution < 1.29 is 0 Å². The van der Waals surface area contributed by atoms with Crippen molar-refractivity contribution in [2.24, 2.45) is 0 Å². The predicted molar refractivity (Wildman–Crippen MR) is 127 cm³/mol. The van der Waals surface area contributed by atoms with Crippen molar-refractivity contribution >= 4 is 27.9 Å². The first-order valence-corrected chi connectivity index (χ1v) is 10.4. The number of hydrogen-bond donors (Lipinski definition) is 3. The van der Waals surface area contributed by atoms with Crippen LogP contribution in [0.15, 0.2) is 54.6 Å². The van der Waals surface area contributed by atoms with Gasteiger partial charge < -0.3 is 15.7 Å². The number of nitrogens with one attached hydrogen (secondary N) is 2. The summed E-state index contributed by atoms with van der Waals surface area (Å²) in [4.78, 5) is 17.8. The number of fused-ring (bicyclic) bond motifs is 2. The number of anilines is 1. The molecule has 0 spiro atoms. The van der Waals surface area contributed by atoms with Crippen molar-refractivity contribution in [3.8, 4) is 17.3 Å². The van der Waals surface area contributed by atoms with Gasteiger partial charge in [-0.15, -0.1) is 0 Å². The largest absolute Gasteiger partial charge is 0.384 e. The molecule has 0 saturated carbocycles. The van der Waals surface area contributed by atoms with Crippen LogP contribution in [-0.4, -0.2) is 31.9 Å². The lowest BCUT2D eigenvalue weighted by molar-refractivity contribution is 0.319. The van der Waals surface area contributed by atoms with E-state index in [4.69, 9.17) is 11.0 Å². The summed E-state index contributed by atoms with van der Waals surface area (Å²) in [5.74, 6) is 1.26. The Morgan fingerprint density at radius 3 is 2.50 bits per heavy atom. The summed E-state index contributed by atoms with van der Waals surface area (Å²) < 4.78 is 0. The van der Waals surface area contributed by atoms with Gasteiger partial charge in [-0.05, 0) is 61.5 Å². The van der Waals surface area contributed by atoms with Crippen molar-refractivity contribution in [1.82, 2.24) is 24.8 Å². The zero-order valence-corrected chi connectivity index (χ0v) is 18.0. The van der Waals surface area contributed by atoms with Crippen molar-refractivity contribution in [2.75, 3.05) is 12.8 Å². The first-order chi connectivity index (χ1) is 15.5. The van der Waals surface area contributed by atoms with E-state index in [-0.39, 0.29) is 0 Å². The number of pyridine rings is 1. The van der Waals surface area contributed by atoms with Crippen LogP contribution < -0.4 is 5.73 Å². The van der Waals surface area contributed by atoms with E-state index in [1.807, 2.05) is 37.3 Å². The first kappa shape index (κ1) is 19.8. The Morgan fingerprint density at radius 2 is 1.72 bits per heavy atom. The van der Waals surface area contributed by atoms with E-state index >= 15 is 0 Å². The lowest BCUT2D eigenvalue weighted by Crippen LogP contribution is -2.17. The number of H-pyrrole nitrogens is 2. The highest BCUT2D eigenvalue weighted by molar-refractivity contribution is 5.95. The minimum absolute atomic E-state index is 0.447. The van der Waals surface area contributed by atoms with Gasteiger partial charge in [0, 0.05) is 35.2 Å². The second kappa shape index (κ2) is 7.84. The maximum Gasteiger partial charge on any atom is 0.180 e. The molecule has 7 nitrogen and oxygen atoms in total. The molecule has 0 atom stereocenters. The molecule has 32 heavy (non-hydrogen) atoms. The molecule has 158 valence electrons. The second-order valence-corrected chi connectivity index (χ2v) is 8.20. The van der Waals surface area contributed by atoms with E-state index in [0.717, 1.165) is 46.6 Å². The minimum Gasteiger partial charge on any atom is -0.384 e. The Hall–Kier alpha value is -4.15. The van der Waals surface area contributed by atoms with E-state index in [1.54, 1.807) is 0 Å². The van der Waals surface area contributed by atoms with Crippen molar-refractivity contribution in [2.45, 2.75) is 20.0 Å². The van der Waals surface area contributed by atoms with E-state index in [1.165, 1.54) is 11.1 Å². The summed E-state index contributed by atoms with van der Waals surface area (Å²) in [5.41, 5.74) is 13.6. The van der Waals surface area contributed by atoms with Crippen LogP contribution in [0.3, 0.4) is 0 Å². The number of nitrogens with zero attached hydrogens (tertiary/aromatic N) is 4. The molecule has 0 amide bonds. The molecule has 0 unspecified atom stereocenters. The molecule has 3 heterocycles. The molecule has 0 fully saturated rings. The number of aromatic nitrogens is 4. The van der Waals surface area contributed by atoms with Gasteiger partial charge in [-0.25, -0.2) is 9.97 Å². The fourth-order valence-corrected chi connectivity index (χ4v) is 4.12. The Labute approximate surface area is 185 Å². The van der Waals surface area contributed by atoms with Gasteiger partial charge >= 0.3 is 0 Å². The van der Waals surface area contributed by atoms with Gasteiger partial charge in [-0.1, -0.05) is 18.2 Å². The molecule has 4 N–H and O–H groups in total. The third-order valence-corrected chi connectivity index (χ3v) is 5.56. The third-order valence-electron chi connectivity index (χ3n) is 5.56. The van der Waals surface area contributed by atoms with Gasteiger partial charge in [0.2, 0.25) is 0 Å². The zero-order chi connectivity index (χ0) is 22.2. The molecule has 0 aliphatic heterocycles. The van der Waals surface area contributed by atoms with Crippen LogP contribution in [0.1, 0.15) is 22.5 Å². The molecule has 7 heteroatoms. The summed E-state index contributed by atoms with van der Waals surface area (Å²) in [7, 11) is 2.10. The van der Waals surface area contributed by atoms with E-state index in [9.17, 15) is 0 Å². The minimum atomic E-state index is 0.447. The van der Waals surface area contributed by atoms with Crippen LogP contribution in [-0.2, 0) is 13.1 Å². The van der Waals surface area contributed by atoms with Gasteiger partial charge in [0.25, 0.3) is 0 Å². The molecule has 0 radical (unpaired) electrons. The van der Waals surface area contributed by atoms with Gasteiger partial charge in [0.05, 0.1) is 17.1 Å². The van der Waals surface area contributed by atoms with Crippen LogP contribution >= 0.6 is 0 Å². The van der Waals surface area contributed by atoms with E-state index in [2.05, 4.69) is 62.2 Å². The number of aromatic amines is 2. The molecule has 0 saturated heterocycles. The first-order valence-electron chi connectivity index (χ1n) is 10.4. The fourth-order valence-electron chi connectivity index (χ4n) is 4.12. The Morgan fingerprint density at radius 1 is 0.969 bits per heavy atom. The summed E-state index contributed by atoms with van der Waals surface area (Å²) >= 11 is 0. The Bertz CT molecular complexity index is 1470. The monoisotopic (exact) mass is 421 g/mol. The molecular formula is C25H23N7. The number of nitrogen functional groups attached to an aromatic ring is 1. The molecule has 3 aromatic heterocycles. The highest BCUT2D eigenvalue weighted by Gasteiger charge is 2.13. The summed E-state index contributed by atoms with van der Waals surface area (Å²) in [6.07, 6.45) is 0. The smallest absolute Gasteiger partial charge is 0.180 e. The number of hydrogen-bond acceptors (Lipinski definition) is 5. The van der Waals surface area contributed by atoms with Crippen molar-refractivity contribution in [3.63, 3.8) is 0 Å². The fraction of sp³-hybridized carbons (Fsp3) is 0.160. The second-order valence-electron chi connectivity index (χ2n) is 8.20. The molecule has 2 aromatic carbocycles. The van der Waals surface area contributed by atoms with Gasteiger partial charge in [0.15, 0.2) is 5.65 Å². The lowest BCUT2D eigenvalue weighted by Gasteiger charge is -2.17. The van der Waals surface area contributed by atoms with Crippen LogP contribution in [0.4, 0.5) is 5.82 Å². The predicted octanol–water partition coefficient (Wildman–Crippen LogP) is 4.50. The molecule has 5 rings (SSSR count). The summed E-state index contributed by atoms with van der Waals surface area (Å²) in [5, 5.41) is 10.1. The maximum absolute atomic E-state index is 8.96. The number of rotatable bonds is 5. The topological polar surface area (TPSA) is 110 Å². The van der Waals surface area contributed by atoms with Gasteiger partial charge in [-0.2, -0.15) is 5.26 Å². The molecule has 0 bridgehead atoms. The Balaban J connectivity index is 1.40. The summed E-state index contributed by atoms with van der Waals surface area (Å²) in [6, 6.07) is 20.4. The van der Waals surface area contributed by atoms with Gasteiger partial charge in [-0.3, -0.25) is 4.90 Å². The lowest BCUT2D eigenvalue weighted by atomic mass is 10.1. The van der Waals surface area contributed by atoms with Crippen LogP contribution in [0, 0.1) is 18.3 Å². The van der Waals surface area contributed by atoms with Crippen LogP contribution in [0.2, 0.25) is 0 Å². The van der Waals surface area contributed by atoms with Crippen molar-refractivity contribution in [1.29, 1.82) is 5.26 Å². The molecular weight excluding hydrogens is 398 g/mol. The average Bonchev–Trinajstić information content (AvgIpc) is 3.35. The third kappa shape index (κ3) is 3.80. The number of imidazole rings is 1. The van der Waals surface area contributed by atoms with Crippen LogP contribution in [0.5, 0.6) is 0 Å².